The molecule has 4 rings (SSSR count). The molecule has 0 spiro atoms. The Labute approximate surface area is 142 Å². The van der Waals surface area contributed by atoms with Gasteiger partial charge in [0, 0.05) is 11.6 Å². The third kappa shape index (κ3) is 2.06. The first-order chi connectivity index (χ1) is 11.6. The summed E-state index contributed by atoms with van der Waals surface area (Å²) in [6.07, 6.45) is 1.56. The summed E-state index contributed by atoms with van der Waals surface area (Å²) in [5.41, 5.74) is 1.63. The molecule has 0 saturated carbocycles. The number of nitrogens with zero attached hydrogens (tertiary/aromatic N) is 2. The van der Waals surface area contributed by atoms with E-state index >= 15 is 0 Å². The Morgan fingerprint density at radius 2 is 1.71 bits per heavy atom. The van der Waals surface area contributed by atoms with Crippen molar-refractivity contribution in [2.75, 3.05) is 0 Å². The van der Waals surface area contributed by atoms with E-state index < -0.39 is 0 Å². The Balaban J connectivity index is 1.77. The summed E-state index contributed by atoms with van der Waals surface area (Å²) >= 11 is 6.40. The molecule has 1 aliphatic rings. The molecule has 0 fully saturated rings. The number of benzene rings is 2. The molecule has 6 heteroatoms. The van der Waals surface area contributed by atoms with Crippen LogP contribution in [-0.2, 0) is 6.54 Å². The predicted octanol–water partition coefficient (Wildman–Crippen LogP) is 3.39. The van der Waals surface area contributed by atoms with Crippen LogP contribution >= 0.6 is 11.6 Å². The number of imide groups is 1. The van der Waals surface area contributed by atoms with Gasteiger partial charge in [-0.2, -0.15) is 0 Å². The second-order valence-electron chi connectivity index (χ2n) is 5.51. The van der Waals surface area contributed by atoms with E-state index in [1.807, 2.05) is 0 Å². The second kappa shape index (κ2) is 5.32. The van der Waals surface area contributed by atoms with Gasteiger partial charge in [-0.3, -0.25) is 19.5 Å². The summed E-state index contributed by atoms with van der Waals surface area (Å²) in [5, 5.41) is 11.1. The summed E-state index contributed by atoms with van der Waals surface area (Å²) in [6, 6.07) is 11.6. The lowest BCUT2D eigenvalue weighted by atomic mass is 10.1. The second-order valence-corrected chi connectivity index (χ2v) is 5.89. The van der Waals surface area contributed by atoms with Gasteiger partial charge in [0.15, 0.2) is 0 Å². The van der Waals surface area contributed by atoms with Crippen molar-refractivity contribution in [2.45, 2.75) is 6.54 Å². The number of hydrogen-bond acceptors (Lipinski definition) is 4. The fraction of sp³-hybridized carbons (Fsp3) is 0.0556. The molecule has 0 unspecified atom stereocenters. The zero-order chi connectivity index (χ0) is 16.8. The van der Waals surface area contributed by atoms with E-state index in [-0.39, 0.29) is 24.1 Å². The molecule has 2 aromatic carbocycles. The fourth-order valence-electron chi connectivity index (χ4n) is 2.92. The van der Waals surface area contributed by atoms with E-state index in [4.69, 9.17) is 11.6 Å². The van der Waals surface area contributed by atoms with Gasteiger partial charge in [-0.15, -0.1) is 0 Å². The van der Waals surface area contributed by atoms with Gasteiger partial charge in [-0.05, 0) is 35.9 Å². The van der Waals surface area contributed by atoms with Crippen molar-refractivity contribution < 1.29 is 14.7 Å². The first-order valence-electron chi connectivity index (χ1n) is 7.28. The Morgan fingerprint density at radius 3 is 2.38 bits per heavy atom. The third-order valence-electron chi connectivity index (χ3n) is 4.09. The molecular weight excluding hydrogens is 328 g/mol. The highest BCUT2D eigenvalue weighted by Gasteiger charge is 2.35. The largest absolute Gasteiger partial charge is 0.506 e. The van der Waals surface area contributed by atoms with Crippen LogP contribution in [0.25, 0.3) is 10.9 Å². The van der Waals surface area contributed by atoms with E-state index in [2.05, 4.69) is 4.98 Å². The van der Waals surface area contributed by atoms with Crippen LogP contribution in [0.2, 0.25) is 5.02 Å². The predicted molar refractivity (Wildman–Crippen MR) is 89.1 cm³/mol. The highest BCUT2D eigenvalue weighted by atomic mass is 35.5. The summed E-state index contributed by atoms with van der Waals surface area (Å²) in [5.74, 6) is -0.767. The van der Waals surface area contributed by atoms with E-state index in [1.165, 1.54) is 6.07 Å². The van der Waals surface area contributed by atoms with Crippen LogP contribution in [0.1, 0.15) is 26.3 Å². The summed E-state index contributed by atoms with van der Waals surface area (Å²) in [4.78, 5) is 30.1. The van der Waals surface area contributed by atoms with Crippen LogP contribution in [0.5, 0.6) is 5.75 Å². The lowest BCUT2D eigenvalue weighted by Crippen LogP contribution is -2.29. The van der Waals surface area contributed by atoms with Crippen LogP contribution in [-0.4, -0.2) is 26.8 Å². The number of amides is 2. The number of rotatable bonds is 2. The monoisotopic (exact) mass is 338 g/mol. The SMILES string of the molecule is O=C1c2ccccc2C(=O)N1Cc1cc(O)c2ncccc2c1Cl. The minimum Gasteiger partial charge on any atom is -0.506 e. The molecule has 1 aliphatic heterocycles. The highest BCUT2D eigenvalue weighted by molar-refractivity contribution is 6.36. The number of halogens is 1. The Hall–Kier alpha value is -2.92. The van der Waals surface area contributed by atoms with Gasteiger partial charge in [0.2, 0.25) is 0 Å². The summed E-state index contributed by atoms with van der Waals surface area (Å²) in [7, 11) is 0. The van der Waals surface area contributed by atoms with E-state index in [9.17, 15) is 14.7 Å². The average molecular weight is 339 g/mol. The first-order valence-corrected chi connectivity index (χ1v) is 7.66. The molecule has 3 aromatic rings. The maximum absolute atomic E-state index is 12.5. The van der Waals surface area contributed by atoms with Gasteiger partial charge in [-0.1, -0.05) is 23.7 Å². The lowest BCUT2D eigenvalue weighted by Gasteiger charge is -2.16. The molecule has 0 atom stereocenters. The van der Waals surface area contributed by atoms with Crippen molar-refractivity contribution in [3.05, 3.63) is 70.4 Å². The molecular formula is C18H11ClN2O3. The topological polar surface area (TPSA) is 70.5 Å². The maximum Gasteiger partial charge on any atom is 0.261 e. The van der Waals surface area contributed by atoms with E-state index in [0.29, 0.717) is 32.6 Å². The highest BCUT2D eigenvalue weighted by Crippen LogP contribution is 2.34. The quantitative estimate of drug-likeness (QED) is 0.727. The lowest BCUT2D eigenvalue weighted by molar-refractivity contribution is 0.0642. The van der Waals surface area contributed by atoms with Crippen molar-refractivity contribution in [1.29, 1.82) is 0 Å². The normalized spacial score (nSPS) is 13.6. The van der Waals surface area contributed by atoms with Crippen molar-refractivity contribution in [2.24, 2.45) is 0 Å². The van der Waals surface area contributed by atoms with Crippen LogP contribution in [0.15, 0.2) is 48.7 Å². The molecule has 1 aromatic heterocycles. The minimum absolute atomic E-state index is 0.0103. The molecule has 2 heterocycles. The number of phenolic OH excluding ortho intramolecular Hbond substituents is 1. The van der Waals surface area contributed by atoms with Crippen LogP contribution < -0.4 is 0 Å². The van der Waals surface area contributed by atoms with Gasteiger partial charge >= 0.3 is 0 Å². The number of carbonyl (C=O) groups excluding carboxylic acids is 2. The third-order valence-corrected chi connectivity index (χ3v) is 4.53. The van der Waals surface area contributed by atoms with Crippen molar-refractivity contribution in [1.82, 2.24) is 9.88 Å². The molecule has 0 bridgehead atoms. The first kappa shape index (κ1) is 14.7. The average Bonchev–Trinajstić information content (AvgIpc) is 2.85. The molecule has 0 aliphatic carbocycles. The zero-order valence-electron chi connectivity index (χ0n) is 12.4. The Bertz CT molecular complexity index is 981. The van der Waals surface area contributed by atoms with Gasteiger partial charge < -0.3 is 5.11 Å². The number of pyridine rings is 1. The van der Waals surface area contributed by atoms with Gasteiger partial charge in [0.05, 0.1) is 22.7 Å². The molecule has 5 nitrogen and oxygen atoms in total. The van der Waals surface area contributed by atoms with Crippen LogP contribution in [0.4, 0.5) is 0 Å². The van der Waals surface area contributed by atoms with Gasteiger partial charge in [-0.25, -0.2) is 0 Å². The Kier molecular flexibility index (Phi) is 3.25. The Morgan fingerprint density at radius 1 is 1.04 bits per heavy atom. The van der Waals surface area contributed by atoms with Gasteiger partial charge in [0.25, 0.3) is 11.8 Å². The molecule has 0 saturated heterocycles. The summed E-state index contributed by atoms with van der Waals surface area (Å²) < 4.78 is 0. The van der Waals surface area contributed by atoms with Crippen LogP contribution in [0.3, 0.4) is 0 Å². The smallest absolute Gasteiger partial charge is 0.261 e. The molecule has 1 N–H and O–H groups in total. The standard InChI is InChI=1S/C18H11ClN2O3/c19-15-10(8-14(22)16-13(15)6-3-7-20-16)9-21-17(23)11-4-1-2-5-12(11)18(21)24/h1-8,22H,9H2. The number of aromatic hydroxyl groups is 1. The number of phenols is 1. The molecule has 0 radical (unpaired) electrons. The molecule has 118 valence electrons. The number of hydrogen-bond donors (Lipinski definition) is 1. The number of aromatic nitrogens is 1. The number of carbonyl (C=O) groups is 2. The number of fused-ring (bicyclic) bond motifs is 2. The summed E-state index contributed by atoms with van der Waals surface area (Å²) in [6.45, 7) is -0.0103. The van der Waals surface area contributed by atoms with E-state index in [0.717, 1.165) is 4.90 Å². The molecule has 24 heavy (non-hydrogen) atoms. The minimum atomic E-state index is -0.363. The van der Waals surface area contributed by atoms with E-state index in [1.54, 1.807) is 42.6 Å². The van der Waals surface area contributed by atoms with Crippen molar-refractivity contribution in [3.63, 3.8) is 0 Å². The fourth-order valence-corrected chi connectivity index (χ4v) is 3.19. The van der Waals surface area contributed by atoms with Gasteiger partial charge in [0.1, 0.15) is 11.3 Å². The zero-order valence-corrected chi connectivity index (χ0v) is 13.1. The van der Waals surface area contributed by atoms with Crippen molar-refractivity contribution >= 4 is 34.3 Å². The van der Waals surface area contributed by atoms with Crippen LogP contribution in [0, 0.1) is 0 Å². The maximum atomic E-state index is 12.5. The molecule has 2 amide bonds. The van der Waals surface area contributed by atoms with Crippen molar-refractivity contribution in [3.8, 4) is 5.75 Å².